The van der Waals surface area contributed by atoms with Crippen LogP contribution in [0.4, 0.5) is 17.1 Å². The molecule has 1 heterocycles. The van der Waals surface area contributed by atoms with Crippen molar-refractivity contribution in [1.29, 1.82) is 0 Å². The molecule has 274 valence electrons. The van der Waals surface area contributed by atoms with Gasteiger partial charge in [-0.2, -0.15) is 0 Å². The Morgan fingerprint density at radius 2 is 0.982 bits per heavy atom. The van der Waals surface area contributed by atoms with Gasteiger partial charge in [-0.05, 0) is 104 Å². The summed E-state index contributed by atoms with van der Waals surface area (Å²) in [6, 6.07) is 67.0. The van der Waals surface area contributed by atoms with E-state index in [2.05, 4.69) is 233 Å². The van der Waals surface area contributed by atoms with Gasteiger partial charge in [-0.3, -0.25) is 0 Å². The van der Waals surface area contributed by atoms with Gasteiger partial charge in [-0.25, -0.2) is 0 Å². The quantitative estimate of drug-likeness (QED) is 0.166. The Balaban J connectivity index is 1.36. The van der Waals surface area contributed by atoms with Crippen molar-refractivity contribution >= 4 is 49.6 Å². The standard InChI is InChI=1S/C54H48N2/c1-53(2,3)39-33-40(54(4,5)6)35-43(34-39)55(42-31-32-51-48(36-42)46-26-14-16-30-50(46)56(51)41-23-11-8-12-24-41)49-29-15-13-25-45(49)47-28-18-22-38-21-17-27-44(52(38)47)37-19-9-7-10-20-37/h7-36H,1-6H3. The van der Waals surface area contributed by atoms with Gasteiger partial charge < -0.3 is 9.47 Å². The first-order chi connectivity index (χ1) is 27.1. The van der Waals surface area contributed by atoms with E-state index in [1.54, 1.807) is 0 Å². The lowest BCUT2D eigenvalue weighted by Gasteiger charge is -2.32. The van der Waals surface area contributed by atoms with Crippen LogP contribution < -0.4 is 4.90 Å². The van der Waals surface area contributed by atoms with Crippen LogP contribution in [0.2, 0.25) is 0 Å². The fraction of sp³-hybridized carbons (Fsp3) is 0.148. The van der Waals surface area contributed by atoms with Crippen molar-refractivity contribution in [2.45, 2.75) is 52.4 Å². The van der Waals surface area contributed by atoms with Crippen LogP contribution in [-0.4, -0.2) is 4.57 Å². The summed E-state index contributed by atoms with van der Waals surface area (Å²) in [6.45, 7) is 13.9. The van der Waals surface area contributed by atoms with E-state index in [0.29, 0.717) is 0 Å². The van der Waals surface area contributed by atoms with Crippen LogP contribution in [0.1, 0.15) is 52.7 Å². The first-order valence-electron chi connectivity index (χ1n) is 19.8. The molecule has 0 fully saturated rings. The second-order valence-electron chi connectivity index (χ2n) is 17.1. The molecule has 0 aliphatic heterocycles. The second kappa shape index (κ2) is 13.7. The lowest BCUT2D eigenvalue weighted by atomic mass is 9.80. The predicted octanol–water partition coefficient (Wildman–Crippen LogP) is 15.3. The first kappa shape index (κ1) is 35.3. The van der Waals surface area contributed by atoms with Crippen LogP contribution in [0, 0.1) is 0 Å². The first-order valence-corrected chi connectivity index (χ1v) is 19.8. The minimum Gasteiger partial charge on any atom is -0.310 e. The zero-order valence-electron chi connectivity index (χ0n) is 33.2. The molecule has 0 saturated heterocycles. The van der Waals surface area contributed by atoms with Crippen LogP contribution in [0.15, 0.2) is 182 Å². The highest BCUT2D eigenvalue weighted by molar-refractivity contribution is 6.12. The zero-order chi connectivity index (χ0) is 38.6. The molecule has 2 heteroatoms. The molecule has 0 saturated carbocycles. The third-order valence-electron chi connectivity index (χ3n) is 11.3. The molecule has 0 N–H and O–H groups in total. The monoisotopic (exact) mass is 724 g/mol. The molecule has 2 nitrogen and oxygen atoms in total. The summed E-state index contributed by atoms with van der Waals surface area (Å²) in [5, 5.41) is 4.95. The summed E-state index contributed by atoms with van der Waals surface area (Å²) >= 11 is 0. The maximum Gasteiger partial charge on any atom is 0.0542 e. The molecule has 0 bridgehead atoms. The van der Waals surface area contributed by atoms with Crippen molar-refractivity contribution in [3.05, 3.63) is 193 Å². The number of anilines is 3. The third kappa shape index (κ3) is 6.26. The van der Waals surface area contributed by atoms with Crippen LogP contribution >= 0.6 is 0 Å². The van der Waals surface area contributed by atoms with E-state index in [9.17, 15) is 0 Å². The van der Waals surface area contributed by atoms with Crippen molar-refractivity contribution in [1.82, 2.24) is 4.57 Å². The summed E-state index contributed by atoms with van der Waals surface area (Å²) < 4.78 is 2.39. The topological polar surface area (TPSA) is 8.17 Å². The summed E-state index contributed by atoms with van der Waals surface area (Å²) in [5.74, 6) is 0. The molecule has 9 rings (SSSR count). The van der Waals surface area contributed by atoms with Crippen molar-refractivity contribution in [2.24, 2.45) is 0 Å². The lowest BCUT2D eigenvalue weighted by molar-refractivity contribution is 0.569. The number of hydrogen-bond donors (Lipinski definition) is 0. The lowest BCUT2D eigenvalue weighted by Crippen LogP contribution is -2.19. The Kier molecular flexibility index (Phi) is 8.66. The van der Waals surface area contributed by atoms with E-state index in [0.717, 1.165) is 22.7 Å². The SMILES string of the molecule is CC(C)(C)c1cc(N(c2ccc3c(c2)c2ccccc2n3-c2ccccc2)c2ccccc2-c2cccc3cccc(-c4ccccc4)c23)cc(C(C)(C)C)c1. The smallest absolute Gasteiger partial charge is 0.0542 e. The normalized spacial score (nSPS) is 12.1. The zero-order valence-corrected chi connectivity index (χ0v) is 33.2. The van der Waals surface area contributed by atoms with Gasteiger partial charge in [-0.15, -0.1) is 0 Å². The highest BCUT2D eigenvalue weighted by Crippen LogP contribution is 2.47. The minimum absolute atomic E-state index is 0.0471. The molecule has 1 aromatic heterocycles. The highest BCUT2D eigenvalue weighted by atomic mass is 15.1. The van der Waals surface area contributed by atoms with E-state index >= 15 is 0 Å². The molecule has 9 aromatic rings. The summed E-state index contributed by atoms with van der Waals surface area (Å²) in [5.41, 5.74) is 14.4. The number of aromatic nitrogens is 1. The number of benzene rings is 8. The van der Waals surface area contributed by atoms with Gasteiger partial charge in [0.1, 0.15) is 0 Å². The molecular formula is C54H48N2. The molecule has 0 aliphatic carbocycles. The van der Waals surface area contributed by atoms with Crippen LogP contribution in [-0.2, 0) is 10.8 Å². The van der Waals surface area contributed by atoms with Gasteiger partial charge in [0.2, 0.25) is 0 Å². The molecule has 0 amide bonds. The van der Waals surface area contributed by atoms with Crippen LogP contribution in [0.25, 0.3) is 60.5 Å². The van der Waals surface area contributed by atoms with Crippen molar-refractivity contribution < 1.29 is 0 Å². The largest absolute Gasteiger partial charge is 0.310 e. The minimum atomic E-state index is -0.0471. The Morgan fingerprint density at radius 1 is 0.411 bits per heavy atom. The Hall–Kier alpha value is -6.38. The number of para-hydroxylation sites is 3. The average molecular weight is 725 g/mol. The average Bonchev–Trinajstić information content (AvgIpc) is 3.54. The van der Waals surface area contributed by atoms with Gasteiger partial charge in [0.05, 0.1) is 16.7 Å². The number of rotatable bonds is 6. The van der Waals surface area contributed by atoms with E-state index in [4.69, 9.17) is 0 Å². The Morgan fingerprint density at radius 3 is 1.68 bits per heavy atom. The highest BCUT2D eigenvalue weighted by Gasteiger charge is 2.26. The Labute approximate surface area is 331 Å². The van der Waals surface area contributed by atoms with E-state index in [-0.39, 0.29) is 10.8 Å². The second-order valence-corrected chi connectivity index (χ2v) is 17.1. The van der Waals surface area contributed by atoms with Gasteiger partial charge >= 0.3 is 0 Å². The fourth-order valence-electron chi connectivity index (χ4n) is 8.31. The summed E-state index contributed by atoms with van der Waals surface area (Å²) in [6.07, 6.45) is 0. The van der Waals surface area contributed by atoms with Crippen LogP contribution in [0.3, 0.4) is 0 Å². The van der Waals surface area contributed by atoms with Crippen molar-refractivity contribution in [3.8, 4) is 27.9 Å². The van der Waals surface area contributed by atoms with E-state index < -0.39 is 0 Å². The molecule has 0 spiro atoms. The predicted molar refractivity (Wildman–Crippen MR) is 241 cm³/mol. The summed E-state index contributed by atoms with van der Waals surface area (Å²) in [7, 11) is 0. The molecule has 56 heavy (non-hydrogen) atoms. The maximum absolute atomic E-state index is 2.51. The summed E-state index contributed by atoms with van der Waals surface area (Å²) in [4.78, 5) is 2.51. The van der Waals surface area contributed by atoms with Gasteiger partial charge in [-0.1, -0.05) is 169 Å². The van der Waals surface area contributed by atoms with E-state index in [1.807, 2.05) is 0 Å². The number of nitrogens with zero attached hydrogens (tertiary/aromatic N) is 2. The molecule has 8 aromatic carbocycles. The fourth-order valence-corrected chi connectivity index (χ4v) is 8.31. The number of fused-ring (bicyclic) bond motifs is 4. The van der Waals surface area contributed by atoms with Gasteiger partial charge in [0.15, 0.2) is 0 Å². The van der Waals surface area contributed by atoms with E-state index in [1.165, 1.54) is 66.0 Å². The van der Waals surface area contributed by atoms with Gasteiger partial charge in [0, 0.05) is 33.4 Å². The molecule has 0 atom stereocenters. The van der Waals surface area contributed by atoms with Gasteiger partial charge in [0.25, 0.3) is 0 Å². The molecule has 0 unspecified atom stereocenters. The third-order valence-corrected chi connectivity index (χ3v) is 11.3. The van der Waals surface area contributed by atoms with Crippen molar-refractivity contribution in [3.63, 3.8) is 0 Å². The maximum atomic E-state index is 2.51. The molecule has 0 aliphatic rings. The molecular weight excluding hydrogens is 677 g/mol. The number of hydrogen-bond acceptors (Lipinski definition) is 1. The van der Waals surface area contributed by atoms with Crippen LogP contribution in [0.5, 0.6) is 0 Å². The molecule has 0 radical (unpaired) electrons. The Bertz CT molecular complexity index is 2830. The van der Waals surface area contributed by atoms with Crippen molar-refractivity contribution in [2.75, 3.05) is 4.90 Å².